The topological polar surface area (TPSA) is 119 Å². The summed E-state index contributed by atoms with van der Waals surface area (Å²) in [7, 11) is -3.82. The number of cyclic esters (lactones) is 1. The van der Waals surface area contributed by atoms with Crippen LogP contribution in [0.1, 0.15) is 35.4 Å². The molecule has 2 aromatic carbocycles. The predicted molar refractivity (Wildman–Crippen MR) is 99.1 cm³/mol. The Morgan fingerprint density at radius 3 is 2.36 bits per heavy atom. The maximum absolute atomic E-state index is 12.5. The van der Waals surface area contributed by atoms with E-state index in [9.17, 15) is 23.1 Å². The molecule has 0 spiro atoms. The van der Waals surface area contributed by atoms with E-state index in [1.54, 1.807) is 6.92 Å². The lowest BCUT2D eigenvalue weighted by Crippen LogP contribution is -2.22. The molecule has 2 atom stereocenters. The van der Waals surface area contributed by atoms with Crippen molar-refractivity contribution in [1.29, 1.82) is 0 Å². The van der Waals surface area contributed by atoms with Crippen LogP contribution in [0.4, 0.5) is 5.69 Å². The van der Waals surface area contributed by atoms with Gasteiger partial charge in [-0.15, -0.1) is 0 Å². The number of carbonyl (C=O) groups is 2. The van der Waals surface area contributed by atoms with Gasteiger partial charge in [0.15, 0.2) is 0 Å². The van der Waals surface area contributed by atoms with E-state index in [-0.39, 0.29) is 22.8 Å². The van der Waals surface area contributed by atoms with Crippen molar-refractivity contribution in [3.05, 3.63) is 59.7 Å². The number of rotatable bonds is 6. The zero-order valence-corrected chi connectivity index (χ0v) is 15.8. The van der Waals surface area contributed by atoms with Gasteiger partial charge >= 0.3 is 11.9 Å². The van der Waals surface area contributed by atoms with E-state index >= 15 is 0 Å². The van der Waals surface area contributed by atoms with Crippen molar-refractivity contribution in [2.24, 2.45) is 0 Å². The van der Waals surface area contributed by atoms with Crippen molar-refractivity contribution in [1.82, 2.24) is 0 Å². The molecule has 9 heteroatoms. The van der Waals surface area contributed by atoms with E-state index in [0.29, 0.717) is 12.0 Å². The number of hydrogen-bond donors (Lipinski definition) is 2. The number of aliphatic hydroxyl groups excluding tert-OH is 1. The summed E-state index contributed by atoms with van der Waals surface area (Å²) in [6.45, 7) is 1.81. The van der Waals surface area contributed by atoms with Crippen LogP contribution in [-0.4, -0.2) is 38.2 Å². The van der Waals surface area contributed by atoms with Gasteiger partial charge in [-0.05, 0) is 48.9 Å². The lowest BCUT2D eigenvalue weighted by atomic mass is 10.1. The first-order chi connectivity index (χ1) is 13.3. The Morgan fingerprint density at radius 2 is 1.82 bits per heavy atom. The molecule has 1 aliphatic heterocycles. The zero-order valence-electron chi connectivity index (χ0n) is 15.0. The summed E-state index contributed by atoms with van der Waals surface area (Å²) in [6.07, 6.45) is -1.28. The van der Waals surface area contributed by atoms with Gasteiger partial charge in [-0.1, -0.05) is 12.1 Å². The van der Waals surface area contributed by atoms with Crippen molar-refractivity contribution >= 4 is 27.6 Å². The average Bonchev–Trinajstić information content (AvgIpc) is 3.06. The minimum absolute atomic E-state index is 0.0418. The monoisotopic (exact) mass is 405 g/mol. The van der Waals surface area contributed by atoms with Gasteiger partial charge in [0.05, 0.1) is 23.2 Å². The Balaban J connectivity index is 1.67. The van der Waals surface area contributed by atoms with E-state index < -0.39 is 34.2 Å². The standard InChI is InChI=1S/C19H19NO7S/c1-12(21)13-4-8-16(9-5-13)28(24,25)20-15-6-2-14(3-7-15)18(22)27-17-10-11-26-19(17)23/h2-9,12,17,20-21H,10-11H2,1H3/t12-,17+/m1/s1. The summed E-state index contributed by atoms with van der Waals surface area (Å²) >= 11 is 0. The Morgan fingerprint density at radius 1 is 1.18 bits per heavy atom. The molecule has 3 rings (SSSR count). The van der Waals surface area contributed by atoms with Crippen LogP contribution in [0.5, 0.6) is 0 Å². The highest BCUT2D eigenvalue weighted by molar-refractivity contribution is 7.92. The number of aliphatic hydroxyl groups is 1. The first-order valence-electron chi connectivity index (χ1n) is 8.55. The SMILES string of the molecule is C[C@@H](O)c1ccc(S(=O)(=O)Nc2ccc(C(=O)O[C@H]3CCOC3=O)cc2)cc1. The number of sulfonamides is 1. The van der Waals surface area contributed by atoms with Crippen LogP contribution < -0.4 is 4.72 Å². The highest BCUT2D eigenvalue weighted by atomic mass is 32.2. The van der Waals surface area contributed by atoms with Gasteiger partial charge in [-0.25, -0.2) is 18.0 Å². The third-order valence-corrected chi connectivity index (χ3v) is 5.58. The minimum atomic E-state index is -3.82. The van der Waals surface area contributed by atoms with Gasteiger partial charge in [-0.3, -0.25) is 4.72 Å². The van der Waals surface area contributed by atoms with Gasteiger partial charge in [0.25, 0.3) is 10.0 Å². The molecule has 0 unspecified atom stereocenters. The van der Waals surface area contributed by atoms with Gasteiger partial charge in [0.2, 0.25) is 6.10 Å². The van der Waals surface area contributed by atoms with Crippen LogP contribution in [0.3, 0.4) is 0 Å². The van der Waals surface area contributed by atoms with Gasteiger partial charge in [-0.2, -0.15) is 0 Å². The number of ether oxygens (including phenoxy) is 2. The van der Waals surface area contributed by atoms with Gasteiger partial charge in [0.1, 0.15) is 0 Å². The molecule has 0 radical (unpaired) electrons. The third-order valence-electron chi connectivity index (χ3n) is 4.18. The summed E-state index contributed by atoms with van der Waals surface area (Å²) in [5.74, 6) is -1.26. The largest absolute Gasteiger partial charge is 0.463 e. The van der Waals surface area contributed by atoms with Crippen LogP contribution in [0.15, 0.2) is 53.4 Å². The molecule has 0 bridgehead atoms. The minimum Gasteiger partial charge on any atom is -0.463 e. The Bertz CT molecular complexity index is 966. The van der Waals surface area contributed by atoms with Crippen LogP contribution in [-0.2, 0) is 24.3 Å². The van der Waals surface area contributed by atoms with Crippen molar-refractivity contribution in [3.8, 4) is 0 Å². The number of anilines is 1. The Hall–Kier alpha value is -2.91. The van der Waals surface area contributed by atoms with Crippen LogP contribution in [0.2, 0.25) is 0 Å². The van der Waals surface area contributed by atoms with E-state index in [4.69, 9.17) is 9.47 Å². The second-order valence-corrected chi connectivity index (χ2v) is 7.96. The molecule has 8 nitrogen and oxygen atoms in total. The number of nitrogens with one attached hydrogen (secondary N) is 1. The molecular formula is C19H19NO7S. The molecule has 1 aliphatic rings. The van der Waals surface area contributed by atoms with Gasteiger partial charge in [0, 0.05) is 12.1 Å². The second-order valence-electron chi connectivity index (χ2n) is 6.28. The van der Waals surface area contributed by atoms with E-state index in [1.807, 2.05) is 0 Å². The maximum Gasteiger partial charge on any atom is 0.347 e. The summed E-state index contributed by atoms with van der Waals surface area (Å²) in [6, 6.07) is 11.5. The molecule has 2 N–H and O–H groups in total. The van der Waals surface area contributed by atoms with Crippen LogP contribution in [0, 0.1) is 0 Å². The van der Waals surface area contributed by atoms with E-state index in [2.05, 4.69) is 4.72 Å². The number of benzene rings is 2. The average molecular weight is 405 g/mol. The molecule has 148 valence electrons. The molecule has 28 heavy (non-hydrogen) atoms. The lowest BCUT2D eigenvalue weighted by molar-refractivity contribution is -0.145. The molecule has 1 saturated heterocycles. The second kappa shape index (κ2) is 7.99. The molecule has 2 aromatic rings. The molecule has 0 aromatic heterocycles. The fraction of sp³-hybridized carbons (Fsp3) is 0.263. The van der Waals surface area contributed by atoms with Gasteiger partial charge < -0.3 is 14.6 Å². The summed E-state index contributed by atoms with van der Waals surface area (Å²) in [4.78, 5) is 23.5. The molecule has 0 saturated carbocycles. The van der Waals surface area contributed by atoms with Crippen LogP contribution in [0.25, 0.3) is 0 Å². The first kappa shape index (κ1) is 19.8. The molecule has 1 heterocycles. The summed E-state index contributed by atoms with van der Waals surface area (Å²) in [5.41, 5.74) is 1.05. The van der Waals surface area contributed by atoms with Crippen molar-refractivity contribution < 1.29 is 32.6 Å². The Kier molecular flexibility index (Phi) is 5.66. The quantitative estimate of drug-likeness (QED) is 0.706. The fourth-order valence-electron chi connectivity index (χ4n) is 2.60. The maximum atomic E-state index is 12.5. The van der Waals surface area contributed by atoms with Crippen molar-refractivity contribution in [2.75, 3.05) is 11.3 Å². The van der Waals surface area contributed by atoms with E-state index in [0.717, 1.165) is 0 Å². The first-order valence-corrected chi connectivity index (χ1v) is 10.0. The highest BCUT2D eigenvalue weighted by Crippen LogP contribution is 2.20. The molecule has 1 fully saturated rings. The summed E-state index contributed by atoms with van der Waals surface area (Å²) < 4.78 is 37.1. The molecule has 0 aliphatic carbocycles. The lowest BCUT2D eigenvalue weighted by Gasteiger charge is -2.11. The number of hydrogen-bond acceptors (Lipinski definition) is 7. The fourth-order valence-corrected chi connectivity index (χ4v) is 3.65. The molecule has 0 amide bonds. The third kappa shape index (κ3) is 4.49. The van der Waals surface area contributed by atoms with Crippen molar-refractivity contribution in [2.45, 2.75) is 30.4 Å². The number of esters is 2. The van der Waals surface area contributed by atoms with Crippen LogP contribution >= 0.6 is 0 Å². The Labute approximate surface area is 162 Å². The van der Waals surface area contributed by atoms with E-state index in [1.165, 1.54) is 48.5 Å². The zero-order chi connectivity index (χ0) is 20.3. The highest BCUT2D eigenvalue weighted by Gasteiger charge is 2.30. The smallest absolute Gasteiger partial charge is 0.347 e. The summed E-state index contributed by atoms with van der Waals surface area (Å²) in [5, 5.41) is 9.50. The number of carbonyl (C=O) groups excluding carboxylic acids is 2. The normalized spacial score (nSPS) is 17.6. The predicted octanol–water partition coefficient (Wildman–Crippen LogP) is 2.01. The molecular weight excluding hydrogens is 386 g/mol. The van der Waals surface area contributed by atoms with Crippen molar-refractivity contribution in [3.63, 3.8) is 0 Å².